The molecule has 0 heterocycles. The summed E-state index contributed by atoms with van der Waals surface area (Å²) in [5.74, 6) is -3.49. The monoisotopic (exact) mass is 270 g/mol. The third-order valence-corrected chi connectivity index (χ3v) is 2.52. The molecule has 2 aromatic carbocycles. The van der Waals surface area contributed by atoms with Gasteiger partial charge in [-0.25, -0.2) is 13.2 Å². The van der Waals surface area contributed by atoms with Crippen molar-refractivity contribution in [1.82, 2.24) is 0 Å². The zero-order valence-corrected chi connectivity index (χ0v) is 9.64. The fourth-order valence-corrected chi connectivity index (χ4v) is 1.71. The van der Waals surface area contributed by atoms with Crippen molar-refractivity contribution in [2.24, 2.45) is 0 Å². The quantitative estimate of drug-likeness (QED) is 0.754. The first-order valence-electron chi connectivity index (χ1n) is 4.93. The molecule has 0 atom stereocenters. The van der Waals surface area contributed by atoms with Crippen LogP contribution in [0.1, 0.15) is 15.9 Å². The highest BCUT2D eigenvalue weighted by atomic mass is 35.5. The molecule has 1 nitrogen and oxygen atoms in total. The first-order valence-corrected chi connectivity index (χ1v) is 5.31. The Morgan fingerprint density at radius 3 is 2.22 bits per heavy atom. The van der Waals surface area contributed by atoms with Gasteiger partial charge in [-0.15, -0.1) is 0 Å². The van der Waals surface area contributed by atoms with Gasteiger partial charge in [0, 0.05) is 16.1 Å². The summed E-state index contributed by atoms with van der Waals surface area (Å²) in [6.07, 6.45) is 0. The molecule has 0 amide bonds. The van der Waals surface area contributed by atoms with E-state index >= 15 is 0 Å². The number of hydrogen-bond acceptors (Lipinski definition) is 1. The normalized spacial score (nSPS) is 10.4. The van der Waals surface area contributed by atoms with Gasteiger partial charge in [0.2, 0.25) is 0 Å². The minimum absolute atomic E-state index is 0.0222. The Morgan fingerprint density at radius 1 is 0.889 bits per heavy atom. The fraction of sp³-hybridized carbons (Fsp3) is 0. The van der Waals surface area contributed by atoms with Gasteiger partial charge in [0.25, 0.3) is 0 Å². The molecule has 0 radical (unpaired) electrons. The van der Waals surface area contributed by atoms with E-state index in [4.69, 9.17) is 11.6 Å². The summed E-state index contributed by atoms with van der Waals surface area (Å²) in [6, 6.07) is 6.01. The van der Waals surface area contributed by atoms with Crippen LogP contribution in [0.4, 0.5) is 13.2 Å². The maximum Gasteiger partial charge on any atom is 0.193 e. The highest BCUT2D eigenvalue weighted by Gasteiger charge is 2.13. The summed E-state index contributed by atoms with van der Waals surface area (Å²) in [7, 11) is 0. The lowest BCUT2D eigenvalue weighted by molar-refractivity contribution is 0.103. The van der Waals surface area contributed by atoms with Crippen LogP contribution in [0.3, 0.4) is 0 Å². The van der Waals surface area contributed by atoms with Gasteiger partial charge in [0.15, 0.2) is 17.4 Å². The van der Waals surface area contributed by atoms with Gasteiger partial charge in [-0.3, -0.25) is 4.79 Å². The Bertz CT molecular complexity index is 605. The molecule has 2 aromatic rings. The highest BCUT2D eigenvalue weighted by Crippen LogP contribution is 2.18. The van der Waals surface area contributed by atoms with Crippen molar-refractivity contribution in [3.63, 3.8) is 0 Å². The molecule has 0 spiro atoms. The molecule has 0 bridgehead atoms. The van der Waals surface area contributed by atoms with Crippen molar-refractivity contribution < 1.29 is 18.0 Å². The molecule has 92 valence electrons. The SMILES string of the molecule is O=C(c1cc(F)cc(Cl)c1)c1ccc(F)c(F)c1. The van der Waals surface area contributed by atoms with E-state index in [0.29, 0.717) is 0 Å². The Morgan fingerprint density at radius 2 is 1.61 bits per heavy atom. The minimum Gasteiger partial charge on any atom is -0.289 e. The van der Waals surface area contributed by atoms with Gasteiger partial charge in [0.1, 0.15) is 5.82 Å². The molecule has 0 aliphatic rings. The molecule has 2 rings (SSSR count). The van der Waals surface area contributed by atoms with Gasteiger partial charge >= 0.3 is 0 Å². The second-order valence-electron chi connectivity index (χ2n) is 3.62. The molecule has 0 aliphatic carbocycles. The molecule has 0 saturated heterocycles. The van der Waals surface area contributed by atoms with Gasteiger partial charge in [-0.05, 0) is 36.4 Å². The number of hydrogen-bond donors (Lipinski definition) is 0. The smallest absolute Gasteiger partial charge is 0.193 e. The number of rotatable bonds is 2. The lowest BCUT2D eigenvalue weighted by Gasteiger charge is -2.03. The number of ketones is 1. The van der Waals surface area contributed by atoms with E-state index in [1.807, 2.05) is 0 Å². The summed E-state index contributed by atoms with van der Waals surface area (Å²) >= 11 is 5.61. The van der Waals surface area contributed by atoms with Crippen LogP contribution in [-0.4, -0.2) is 5.78 Å². The van der Waals surface area contributed by atoms with E-state index in [1.165, 1.54) is 6.07 Å². The predicted molar refractivity (Wildman–Crippen MR) is 61.2 cm³/mol. The molecule has 5 heteroatoms. The van der Waals surface area contributed by atoms with Gasteiger partial charge < -0.3 is 0 Å². The van der Waals surface area contributed by atoms with E-state index < -0.39 is 23.2 Å². The minimum atomic E-state index is -1.14. The Balaban J connectivity index is 2.44. The molecule has 18 heavy (non-hydrogen) atoms. The second kappa shape index (κ2) is 4.82. The lowest BCUT2D eigenvalue weighted by atomic mass is 10.0. The molecule has 0 fully saturated rings. The number of benzene rings is 2. The van der Waals surface area contributed by atoms with Crippen molar-refractivity contribution in [3.8, 4) is 0 Å². The zero-order chi connectivity index (χ0) is 13.3. The van der Waals surface area contributed by atoms with E-state index in [1.54, 1.807) is 0 Å². The predicted octanol–water partition coefficient (Wildman–Crippen LogP) is 3.99. The van der Waals surface area contributed by atoms with Gasteiger partial charge in [-0.2, -0.15) is 0 Å². The average molecular weight is 271 g/mol. The standard InChI is InChI=1S/C13H6ClF3O/c14-9-3-8(4-10(15)6-9)13(18)7-1-2-11(16)12(17)5-7/h1-6H. The second-order valence-corrected chi connectivity index (χ2v) is 4.05. The van der Waals surface area contributed by atoms with Crippen LogP contribution in [0.25, 0.3) is 0 Å². The van der Waals surface area contributed by atoms with Crippen molar-refractivity contribution >= 4 is 17.4 Å². The van der Waals surface area contributed by atoms with E-state index in [9.17, 15) is 18.0 Å². The lowest BCUT2D eigenvalue weighted by Crippen LogP contribution is -2.03. The van der Waals surface area contributed by atoms with Crippen molar-refractivity contribution in [2.45, 2.75) is 0 Å². The van der Waals surface area contributed by atoms with Crippen LogP contribution in [0.15, 0.2) is 36.4 Å². The first kappa shape index (κ1) is 12.6. The molecule has 0 saturated carbocycles. The Hall–Kier alpha value is -1.81. The van der Waals surface area contributed by atoms with Crippen LogP contribution < -0.4 is 0 Å². The van der Waals surface area contributed by atoms with E-state index in [0.717, 1.165) is 30.3 Å². The van der Waals surface area contributed by atoms with E-state index in [2.05, 4.69) is 0 Å². The van der Waals surface area contributed by atoms with E-state index in [-0.39, 0.29) is 16.1 Å². The summed E-state index contributed by atoms with van der Waals surface area (Å²) in [6.45, 7) is 0. The Kier molecular flexibility index (Phi) is 3.39. The summed E-state index contributed by atoms with van der Waals surface area (Å²) in [5, 5.41) is 0.0564. The Labute approximate surface area is 106 Å². The van der Waals surface area contributed by atoms with Crippen molar-refractivity contribution in [1.29, 1.82) is 0 Å². The van der Waals surface area contributed by atoms with Crippen LogP contribution in [-0.2, 0) is 0 Å². The molecular weight excluding hydrogens is 265 g/mol. The third-order valence-electron chi connectivity index (χ3n) is 2.31. The number of carbonyl (C=O) groups excluding carboxylic acids is 1. The largest absolute Gasteiger partial charge is 0.289 e. The molecule has 0 aromatic heterocycles. The topological polar surface area (TPSA) is 17.1 Å². The molecule has 0 N–H and O–H groups in total. The highest BCUT2D eigenvalue weighted by molar-refractivity contribution is 6.31. The van der Waals surface area contributed by atoms with Crippen LogP contribution >= 0.6 is 11.6 Å². The number of carbonyl (C=O) groups is 1. The van der Waals surface area contributed by atoms with Gasteiger partial charge in [0.05, 0.1) is 0 Å². The fourth-order valence-electron chi connectivity index (χ4n) is 1.49. The average Bonchev–Trinajstić information content (AvgIpc) is 2.30. The maximum atomic E-state index is 13.1. The molecule has 0 unspecified atom stereocenters. The van der Waals surface area contributed by atoms with Crippen molar-refractivity contribution in [3.05, 3.63) is 70.0 Å². The molecular formula is C13H6ClF3O. The van der Waals surface area contributed by atoms with Crippen molar-refractivity contribution in [2.75, 3.05) is 0 Å². The molecule has 0 aliphatic heterocycles. The first-order chi connectivity index (χ1) is 8.47. The zero-order valence-electron chi connectivity index (χ0n) is 8.88. The van der Waals surface area contributed by atoms with Crippen LogP contribution in [0.5, 0.6) is 0 Å². The van der Waals surface area contributed by atoms with Gasteiger partial charge in [-0.1, -0.05) is 11.6 Å². The maximum absolute atomic E-state index is 13.1. The van der Waals surface area contributed by atoms with Crippen LogP contribution in [0.2, 0.25) is 5.02 Å². The summed E-state index contributed by atoms with van der Waals surface area (Å²) in [4.78, 5) is 11.9. The summed E-state index contributed by atoms with van der Waals surface area (Å²) in [5.41, 5.74) is -0.0958. The third kappa shape index (κ3) is 2.54. The summed E-state index contributed by atoms with van der Waals surface area (Å²) < 4.78 is 38.8. The number of halogens is 4. The van der Waals surface area contributed by atoms with Crippen LogP contribution in [0, 0.1) is 17.5 Å².